The van der Waals surface area contributed by atoms with E-state index in [0.29, 0.717) is 5.75 Å². The average molecular weight is 265 g/mol. The molecule has 1 aliphatic heterocycles. The third kappa shape index (κ3) is 2.36. The van der Waals surface area contributed by atoms with E-state index in [1.165, 1.54) is 23.6 Å². The highest BCUT2D eigenvalue weighted by molar-refractivity contribution is 7.99. The van der Waals surface area contributed by atoms with Gasteiger partial charge in [-0.15, -0.1) is 11.8 Å². The van der Waals surface area contributed by atoms with Gasteiger partial charge in [0.15, 0.2) is 0 Å². The number of amides is 1. The lowest BCUT2D eigenvalue weighted by molar-refractivity contribution is -0.148. The number of rotatable bonds is 2. The van der Waals surface area contributed by atoms with Crippen molar-refractivity contribution in [2.24, 2.45) is 0 Å². The highest BCUT2D eigenvalue weighted by atomic mass is 32.2. The van der Waals surface area contributed by atoms with Crippen molar-refractivity contribution in [1.29, 1.82) is 0 Å². The van der Waals surface area contributed by atoms with Gasteiger partial charge in [0.1, 0.15) is 11.4 Å². The fourth-order valence-electron chi connectivity index (χ4n) is 2.07. The lowest BCUT2D eigenvalue weighted by Gasteiger charge is -2.26. The zero-order valence-electron chi connectivity index (χ0n) is 10.3. The molecule has 0 spiro atoms. The average Bonchev–Trinajstić information content (AvgIpc) is 2.74. The zero-order valence-corrected chi connectivity index (χ0v) is 11.1. The molecule has 0 saturated carbocycles. The molecule has 4 nitrogen and oxygen atoms in total. The Balaban J connectivity index is 2.30. The minimum absolute atomic E-state index is 0.191. The number of hydrogen-bond acceptors (Lipinski definition) is 3. The molecule has 1 aromatic rings. The molecule has 1 amide bonds. The van der Waals surface area contributed by atoms with Gasteiger partial charge in [-0.2, -0.15) is 0 Å². The smallest absolute Gasteiger partial charge is 0.327 e. The van der Waals surface area contributed by atoms with Crippen molar-refractivity contribution in [2.75, 3.05) is 5.75 Å². The molecule has 2 rings (SSSR count). The second kappa shape index (κ2) is 5.02. The van der Waals surface area contributed by atoms with E-state index in [4.69, 9.17) is 5.11 Å². The van der Waals surface area contributed by atoms with Crippen LogP contribution in [0.3, 0.4) is 0 Å². The number of carbonyl (C=O) groups excluding carboxylic acids is 1. The zero-order chi connectivity index (χ0) is 13.3. The Bertz CT molecular complexity index is 472. The molecule has 2 atom stereocenters. The van der Waals surface area contributed by atoms with Gasteiger partial charge in [-0.3, -0.25) is 4.79 Å². The number of benzene rings is 1. The van der Waals surface area contributed by atoms with E-state index in [2.05, 4.69) is 0 Å². The standard InChI is InChI=1S/C13H15NO3S/c1-8-3-5-10(6-4-8)12-14(9(2)15)11(7-18-12)13(16)17/h3-6,11-12H,7H2,1-2H3,(H,16,17)/t11-,12+/m0/s1. The van der Waals surface area contributed by atoms with Crippen LogP contribution in [0.25, 0.3) is 0 Å². The van der Waals surface area contributed by atoms with E-state index < -0.39 is 12.0 Å². The van der Waals surface area contributed by atoms with Gasteiger partial charge in [0, 0.05) is 12.7 Å². The molecule has 0 aliphatic carbocycles. The molecule has 5 heteroatoms. The number of carbonyl (C=O) groups is 2. The van der Waals surface area contributed by atoms with Gasteiger partial charge in [0.2, 0.25) is 5.91 Å². The van der Waals surface area contributed by atoms with Crippen molar-refractivity contribution in [3.8, 4) is 0 Å². The van der Waals surface area contributed by atoms with E-state index in [-0.39, 0.29) is 11.3 Å². The SMILES string of the molecule is CC(=O)N1[C@@H](c2ccc(C)cc2)SC[C@H]1C(=O)O. The number of hydrogen-bond donors (Lipinski definition) is 1. The Labute approximate surface area is 110 Å². The first-order valence-electron chi connectivity index (χ1n) is 5.70. The van der Waals surface area contributed by atoms with Crippen molar-refractivity contribution in [1.82, 2.24) is 4.90 Å². The summed E-state index contributed by atoms with van der Waals surface area (Å²) in [7, 11) is 0. The number of carboxylic acids is 1. The summed E-state index contributed by atoms with van der Waals surface area (Å²) in [6, 6.07) is 7.13. The second-order valence-corrected chi connectivity index (χ2v) is 5.49. The molecule has 1 fully saturated rings. The Morgan fingerprint density at radius 1 is 1.33 bits per heavy atom. The first kappa shape index (κ1) is 13.0. The highest BCUT2D eigenvalue weighted by Crippen LogP contribution is 2.41. The highest BCUT2D eigenvalue weighted by Gasteiger charge is 2.40. The normalized spacial score (nSPS) is 23.1. The lowest BCUT2D eigenvalue weighted by Crippen LogP contribution is -2.41. The molecule has 1 heterocycles. The summed E-state index contributed by atoms with van der Waals surface area (Å²) >= 11 is 1.50. The minimum atomic E-state index is -0.938. The van der Waals surface area contributed by atoms with Crippen LogP contribution in [0, 0.1) is 6.92 Å². The van der Waals surface area contributed by atoms with Crippen LogP contribution in [0.1, 0.15) is 23.4 Å². The van der Waals surface area contributed by atoms with Crippen molar-refractivity contribution in [2.45, 2.75) is 25.3 Å². The van der Waals surface area contributed by atoms with Crippen LogP contribution in [0.2, 0.25) is 0 Å². The summed E-state index contributed by atoms with van der Waals surface area (Å²) in [6.45, 7) is 3.41. The van der Waals surface area contributed by atoms with Crippen molar-refractivity contribution >= 4 is 23.6 Å². The fourth-order valence-corrected chi connectivity index (χ4v) is 3.54. The molecule has 0 bridgehead atoms. The van der Waals surface area contributed by atoms with E-state index >= 15 is 0 Å². The Kier molecular flexibility index (Phi) is 3.61. The maximum absolute atomic E-state index is 11.7. The minimum Gasteiger partial charge on any atom is -0.480 e. The number of nitrogens with zero attached hydrogens (tertiary/aromatic N) is 1. The molecule has 0 radical (unpaired) electrons. The van der Waals surface area contributed by atoms with Crippen molar-refractivity contribution < 1.29 is 14.7 Å². The van der Waals surface area contributed by atoms with Crippen LogP contribution >= 0.6 is 11.8 Å². The van der Waals surface area contributed by atoms with Crippen molar-refractivity contribution in [3.05, 3.63) is 35.4 Å². The number of thioether (sulfide) groups is 1. The van der Waals surface area contributed by atoms with Gasteiger partial charge >= 0.3 is 5.97 Å². The summed E-state index contributed by atoms with van der Waals surface area (Å²) in [4.78, 5) is 24.3. The third-order valence-corrected chi connectivity index (χ3v) is 4.33. The van der Waals surface area contributed by atoms with Gasteiger partial charge in [0.25, 0.3) is 0 Å². The predicted octanol–water partition coefficient (Wildman–Crippen LogP) is 2.04. The lowest BCUT2D eigenvalue weighted by atomic mass is 10.1. The van der Waals surface area contributed by atoms with Crippen LogP contribution in [0.4, 0.5) is 0 Å². The molecule has 1 N–H and O–H groups in total. The quantitative estimate of drug-likeness (QED) is 0.889. The van der Waals surface area contributed by atoms with Gasteiger partial charge in [-0.25, -0.2) is 4.79 Å². The molecule has 1 saturated heterocycles. The molecule has 18 heavy (non-hydrogen) atoms. The van der Waals surface area contributed by atoms with Crippen molar-refractivity contribution in [3.63, 3.8) is 0 Å². The van der Waals surface area contributed by atoms with Crippen LogP contribution in [0.5, 0.6) is 0 Å². The predicted molar refractivity (Wildman–Crippen MR) is 70.3 cm³/mol. The maximum Gasteiger partial charge on any atom is 0.327 e. The summed E-state index contributed by atoms with van der Waals surface area (Å²) < 4.78 is 0. The maximum atomic E-state index is 11.7. The van der Waals surface area contributed by atoms with Crippen LogP contribution in [-0.2, 0) is 9.59 Å². The van der Waals surface area contributed by atoms with Gasteiger partial charge in [-0.1, -0.05) is 29.8 Å². The van der Waals surface area contributed by atoms with E-state index in [0.717, 1.165) is 11.1 Å². The largest absolute Gasteiger partial charge is 0.480 e. The molecule has 0 unspecified atom stereocenters. The fraction of sp³-hybridized carbons (Fsp3) is 0.385. The van der Waals surface area contributed by atoms with E-state index in [1.54, 1.807) is 0 Å². The summed E-state index contributed by atoms with van der Waals surface area (Å²) in [5.74, 6) is -0.696. The Morgan fingerprint density at radius 2 is 1.94 bits per heavy atom. The van der Waals surface area contributed by atoms with Crippen LogP contribution in [-0.4, -0.2) is 33.7 Å². The van der Waals surface area contributed by atoms with E-state index in [9.17, 15) is 9.59 Å². The van der Waals surface area contributed by atoms with Crippen LogP contribution in [0.15, 0.2) is 24.3 Å². The summed E-state index contributed by atoms with van der Waals surface area (Å²) in [5.41, 5.74) is 2.12. The molecule has 1 aromatic carbocycles. The van der Waals surface area contributed by atoms with Crippen LogP contribution < -0.4 is 0 Å². The topological polar surface area (TPSA) is 57.6 Å². The number of aryl methyl sites for hydroxylation is 1. The number of carboxylic acid groups (broad SMARTS) is 1. The molecule has 96 valence electrons. The molecule has 1 aliphatic rings. The molecular weight excluding hydrogens is 250 g/mol. The summed E-state index contributed by atoms with van der Waals surface area (Å²) in [6.07, 6.45) is 0. The molecule has 0 aromatic heterocycles. The number of aliphatic carboxylic acids is 1. The monoisotopic (exact) mass is 265 g/mol. The Morgan fingerprint density at radius 3 is 2.44 bits per heavy atom. The second-order valence-electron chi connectivity index (χ2n) is 4.38. The van der Waals surface area contributed by atoms with Gasteiger partial charge in [0.05, 0.1) is 0 Å². The van der Waals surface area contributed by atoms with Gasteiger partial charge in [-0.05, 0) is 12.5 Å². The summed E-state index contributed by atoms with van der Waals surface area (Å²) in [5, 5.41) is 8.94. The van der Waals surface area contributed by atoms with Gasteiger partial charge < -0.3 is 10.0 Å². The third-order valence-electron chi connectivity index (χ3n) is 3.01. The first-order valence-corrected chi connectivity index (χ1v) is 6.75. The Hall–Kier alpha value is -1.49. The molecular formula is C13H15NO3S. The first-order chi connectivity index (χ1) is 8.50. The van der Waals surface area contributed by atoms with E-state index in [1.807, 2.05) is 31.2 Å².